The van der Waals surface area contributed by atoms with Crippen molar-refractivity contribution in [1.29, 1.82) is 0 Å². The lowest BCUT2D eigenvalue weighted by Crippen LogP contribution is -2.40. The molecule has 0 aromatic heterocycles. The standard InChI is InChI=1S/C13H22O4/c1-4-8-12(11(14)16-5-2)13(17-12,9-15-3)10-6-7-10/h10H,4-9H2,1-3H3. The molecule has 2 atom stereocenters. The highest BCUT2D eigenvalue weighted by Gasteiger charge is 2.79. The molecule has 1 heterocycles. The third-order valence-corrected chi connectivity index (χ3v) is 3.80. The Balaban J connectivity index is 2.16. The lowest BCUT2D eigenvalue weighted by Gasteiger charge is -2.17. The number of carbonyl (C=O) groups excluding carboxylic acids is 1. The number of esters is 1. The van der Waals surface area contributed by atoms with Crippen molar-refractivity contribution in [2.45, 2.75) is 50.7 Å². The van der Waals surface area contributed by atoms with Crippen molar-refractivity contribution < 1.29 is 19.0 Å². The molecule has 2 rings (SSSR count). The van der Waals surface area contributed by atoms with Gasteiger partial charge in [-0.25, -0.2) is 4.79 Å². The van der Waals surface area contributed by atoms with Crippen LogP contribution < -0.4 is 0 Å². The quantitative estimate of drug-likeness (QED) is 0.505. The third-order valence-electron chi connectivity index (χ3n) is 3.80. The maximum atomic E-state index is 12.1. The first kappa shape index (κ1) is 12.8. The molecule has 1 saturated heterocycles. The Kier molecular flexibility index (Phi) is 3.46. The summed E-state index contributed by atoms with van der Waals surface area (Å²) in [4.78, 5) is 12.1. The number of methoxy groups -OCH3 is 1. The number of carbonyl (C=O) groups is 1. The fourth-order valence-corrected chi connectivity index (χ4v) is 2.91. The number of epoxide rings is 1. The SMILES string of the molecule is CCCC1(C(=O)OCC)OC1(COC)C1CC1. The van der Waals surface area contributed by atoms with E-state index in [0.29, 0.717) is 19.1 Å². The van der Waals surface area contributed by atoms with Gasteiger partial charge in [-0.3, -0.25) is 0 Å². The average Bonchev–Trinajstić information content (AvgIpc) is 3.14. The second-order valence-electron chi connectivity index (χ2n) is 5.00. The minimum atomic E-state index is -0.727. The Labute approximate surface area is 103 Å². The maximum Gasteiger partial charge on any atom is 0.341 e. The van der Waals surface area contributed by atoms with Crippen LogP contribution in [0.5, 0.6) is 0 Å². The number of rotatable bonds is 7. The normalized spacial score (nSPS) is 35.7. The summed E-state index contributed by atoms with van der Waals surface area (Å²) in [5, 5.41) is 0. The Hall–Kier alpha value is -0.610. The minimum absolute atomic E-state index is 0.203. The van der Waals surface area contributed by atoms with Crippen molar-refractivity contribution in [3.63, 3.8) is 0 Å². The van der Waals surface area contributed by atoms with Gasteiger partial charge >= 0.3 is 5.97 Å². The zero-order chi connectivity index (χ0) is 12.5. The molecule has 2 aliphatic rings. The number of ether oxygens (including phenoxy) is 3. The van der Waals surface area contributed by atoms with E-state index in [2.05, 4.69) is 6.92 Å². The van der Waals surface area contributed by atoms with Gasteiger partial charge in [0.2, 0.25) is 0 Å². The lowest BCUT2D eigenvalue weighted by molar-refractivity contribution is -0.150. The van der Waals surface area contributed by atoms with Gasteiger partial charge in [0.05, 0.1) is 13.2 Å². The van der Waals surface area contributed by atoms with E-state index in [9.17, 15) is 4.79 Å². The highest BCUT2D eigenvalue weighted by atomic mass is 16.7. The Morgan fingerprint density at radius 2 is 2.12 bits per heavy atom. The summed E-state index contributed by atoms with van der Waals surface area (Å²) in [6.45, 7) is 4.79. The summed E-state index contributed by atoms with van der Waals surface area (Å²) < 4.78 is 16.4. The van der Waals surface area contributed by atoms with Gasteiger partial charge in [0.25, 0.3) is 0 Å². The molecule has 0 bridgehead atoms. The van der Waals surface area contributed by atoms with E-state index in [1.807, 2.05) is 6.92 Å². The molecule has 0 spiro atoms. The minimum Gasteiger partial charge on any atom is -0.464 e. The molecule has 1 aliphatic carbocycles. The van der Waals surface area contributed by atoms with Crippen LogP contribution in [-0.2, 0) is 19.0 Å². The van der Waals surface area contributed by atoms with Crippen LogP contribution in [0.15, 0.2) is 0 Å². The van der Waals surface area contributed by atoms with E-state index in [1.165, 1.54) is 0 Å². The summed E-state index contributed by atoms with van der Waals surface area (Å²) in [6.07, 6.45) is 3.91. The van der Waals surface area contributed by atoms with Crippen molar-refractivity contribution in [2.75, 3.05) is 20.3 Å². The molecule has 4 heteroatoms. The highest BCUT2D eigenvalue weighted by Crippen LogP contribution is 2.63. The van der Waals surface area contributed by atoms with E-state index in [1.54, 1.807) is 7.11 Å². The second-order valence-corrected chi connectivity index (χ2v) is 5.00. The van der Waals surface area contributed by atoms with Crippen molar-refractivity contribution >= 4 is 5.97 Å². The van der Waals surface area contributed by atoms with Crippen LogP contribution in [0.4, 0.5) is 0 Å². The Morgan fingerprint density at radius 1 is 1.41 bits per heavy atom. The number of hydrogen-bond donors (Lipinski definition) is 0. The summed E-state index contributed by atoms with van der Waals surface area (Å²) in [7, 11) is 1.66. The molecule has 0 N–H and O–H groups in total. The Bertz CT molecular complexity index is 300. The van der Waals surface area contributed by atoms with Crippen molar-refractivity contribution in [3.05, 3.63) is 0 Å². The van der Waals surface area contributed by atoms with Crippen LogP contribution in [0.1, 0.15) is 39.5 Å². The monoisotopic (exact) mass is 242 g/mol. The summed E-state index contributed by atoms with van der Waals surface area (Å²) in [5.41, 5.74) is -1.13. The van der Waals surface area contributed by atoms with Crippen LogP contribution in [0.25, 0.3) is 0 Å². The Morgan fingerprint density at radius 3 is 2.59 bits per heavy atom. The molecule has 0 radical (unpaired) electrons. The summed E-state index contributed by atoms with van der Waals surface area (Å²) >= 11 is 0. The molecular weight excluding hydrogens is 220 g/mol. The van der Waals surface area contributed by atoms with Gasteiger partial charge in [0.15, 0.2) is 5.60 Å². The largest absolute Gasteiger partial charge is 0.464 e. The van der Waals surface area contributed by atoms with Gasteiger partial charge in [0, 0.05) is 7.11 Å². The van der Waals surface area contributed by atoms with Gasteiger partial charge < -0.3 is 14.2 Å². The summed E-state index contributed by atoms with van der Waals surface area (Å²) in [5.74, 6) is 0.268. The zero-order valence-corrected chi connectivity index (χ0v) is 11.0. The van der Waals surface area contributed by atoms with Crippen LogP contribution in [0.3, 0.4) is 0 Å². The molecule has 0 aromatic rings. The van der Waals surface area contributed by atoms with Crippen LogP contribution >= 0.6 is 0 Å². The van der Waals surface area contributed by atoms with Crippen molar-refractivity contribution in [3.8, 4) is 0 Å². The second kappa shape index (κ2) is 4.58. The summed E-state index contributed by atoms with van der Waals surface area (Å²) in [6, 6.07) is 0. The molecule has 1 saturated carbocycles. The van der Waals surface area contributed by atoms with Gasteiger partial charge in [-0.15, -0.1) is 0 Å². The molecule has 98 valence electrons. The maximum absolute atomic E-state index is 12.1. The van der Waals surface area contributed by atoms with E-state index < -0.39 is 11.2 Å². The van der Waals surface area contributed by atoms with Gasteiger partial charge in [-0.05, 0) is 32.1 Å². The molecule has 17 heavy (non-hydrogen) atoms. The first-order valence-electron chi connectivity index (χ1n) is 6.53. The van der Waals surface area contributed by atoms with Gasteiger partial charge in [-0.2, -0.15) is 0 Å². The molecule has 1 aliphatic heterocycles. The third kappa shape index (κ3) is 1.87. The molecule has 2 fully saturated rings. The van der Waals surface area contributed by atoms with E-state index in [0.717, 1.165) is 25.7 Å². The molecule has 4 nitrogen and oxygen atoms in total. The fraction of sp³-hybridized carbons (Fsp3) is 0.923. The molecular formula is C13H22O4. The highest BCUT2D eigenvalue weighted by molar-refractivity contribution is 5.85. The topological polar surface area (TPSA) is 48.1 Å². The van der Waals surface area contributed by atoms with Crippen LogP contribution in [0, 0.1) is 5.92 Å². The van der Waals surface area contributed by atoms with Crippen LogP contribution in [0.2, 0.25) is 0 Å². The zero-order valence-electron chi connectivity index (χ0n) is 11.0. The van der Waals surface area contributed by atoms with Gasteiger partial charge in [0.1, 0.15) is 5.60 Å². The smallest absolute Gasteiger partial charge is 0.341 e. The first-order chi connectivity index (χ1) is 8.16. The first-order valence-corrected chi connectivity index (χ1v) is 6.53. The molecule has 2 unspecified atom stereocenters. The van der Waals surface area contributed by atoms with E-state index in [-0.39, 0.29) is 5.97 Å². The molecule has 0 aromatic carbocycles. The fourth-order valence-electron chi connectivity index (χ4n) is 2.91. The van der Waals surface area contributed by atoms with Crippen molar-refractivity contribution in [2.24, 2.45) is 5.92 Å². The predicted octanol–water partition coefficient (Wildman–Crippen LogP) is 1.91. The van der Waals surface area contributed by atoms with E-state index in [4.69, 9.17) is 14.2 Å². The molecule has 0 amide bonds. The average molecular weight is 242 g/mol. The lowest BCUT2D eigenvalue weighted by atomic mass is 9.85. The van der Waals surface area contributed by atoms with E-state index >= 15 is 0 Å². The number of hydrogen-bond acceptors (Lipinski definition) is 4. The van der Waals surface area contributed by atoms with Crippen LogP contribution in [-0.4, -0.2) is 37.5 Å². The van der Waals surface area contributed by atoms with Gasteiger partial charge in [-0.1, -0.05) is 13.3 Å². The predicted molar refractivity (Wildman–Crippen MR) is 62.7 cm³/mol. The van der Waals surface area contributed by atoms with Crippen molar-refractivity contribution in [1.82, 2.24) is 0 Å².